The van der Waals surface area contributed by atoms with Crippen molar-refractivity contribution in [2.75, 3.05) is 13.2 Å². The fourth-order valence-corrected chi connectivity index (χ4v) is 10.1. The Bertz CT molecular complexity index is 1320. The Labute approximate surface area is 251 Å². The molecule has 3 aliphatic carbocycles. The number of carbonyl (C=O) groups excluding carboxylic acids is 1. The van der Waals surface area contributed by atoms with Crippen LogP contribution in [0.5, 0.6) is 0 Å². The average molecular weight is 572 g/mol. The monoisotopic (exact) mass is 571 g/mol. The highest BCUT2D eigenvalue weighted by molar-refractivity contribution is 5.68. The normalized spacial score (nSPS) is 39.8. The van der Waals surface area contributed by atoms with Gasteiger partial charge >= 0.3 is 6.09 Å². The SMILES string of the molecule is C/C1=C2\C[C@H]3[C@@H](CC[C@@H]4Cc5[nH]ncc5C[C@@]43C)[C@@H]2CC[C@H](C)[C@H]2[C@@H](C[C@H](C)CN2C(=O)OCc2ccccc2)OC1. The third-order valence-corrected chi connectivity index (χ3v) is 12.3. The number of nitrogens with one attached hydrogen (secondary N) is 1. The van der Waals surface area contributed by atoms with E-state index in [4.69, 9.17) is 9.47 Å². The van der Waals surface area contributed by atoms with E-state index in [-0.39, 0.29) is 18.2 Å². The molecule has 2 saturated carbocycles. The number of allylic oxidation sites excluding steroid dienone is 1. The highest BCUT2D eigenvalue weighted by atomic mass is 16.6. The highest BCUT2D eigenvalue weighted by Crippen LogP contribution is 2.63. The molecule has 3 heterocycles. The number of fused-ring (bicyclic) bond motifs is 7. The number of ether oxygens (including phenoxy) is 2. The van der Waals surface area contributed by atoms with E-state index in [1.54, 1.807) is 5.57 Å². The van der Waals surface area contributed by atoms with Crippen molar-refractivity contribution in [2.45, 2.75) is 97.8 Å². The number of piperidine rings is 1. The topological polar surface area (TPSA) is 67.5 Å². The molecule has 6 heteroatoms. The summed E-state index contributed by atoms with van der Waals surface area (Å²) in [6.45, 7) is 11.3. The molecule has 1 amide bonds. The minimum atomic E-state index is -0.191. The van der Waals surface area contributed by atoms with Crippen LogP contribution >= 0.6 is 0 Å². The molecule has 5 aliphatic rings. The lowest BCUT2D eigenvalue weighted by molar-refractivity contribution is -0.0681. The molecular weight excluding hydrogens is 522 g/mol. The molecule has 1 aromatic carbocycles. The molecule has 2 aromatic rings. The van der Waals surface area contributed by atoms with E-state index in [2.05, 4.69) is 44.1 Å². The number of amides is 1. The summed E-state index contributed by atoms with van der Waals surface area (Å²) in [5, 5.41) is 7.72. The molecule has 0 radical (unpaired) electrons. The maximum absolute atomic E-state index is 13.6. The number of nitrogens with zero attached hydrogens (tertiary/aromatic N) is 2. The summed E-state index contributed by atoms with van der Waals surface area (Å²) in [7, 11) is 0. The molecule has 1 saturated heterocycles. The predicted octanol–water partition coefficient (Wildman–Crippen LogP) is 7.36. The van der Waals surface area contributed by atoms with Gasteiger partial charge < -0.3 is 14.4 Å². The molecular formula is C36H49N3O3. The fraction of sp³-hybridized carbons (Fsp3) is 0.667. The number of hydrogen-bond acceptors (Lipinski definition) is 4. The second-order valence-electron chi connectivity index (χ2n) is 14.8. The molecule has 2 aliphatic heterocycles. The zero-order valence-electron chi connectivity index (χ0n) is 26.0. The smallest absolute Gasteiger partial charge is 0.410 e. The Morgan fingerprint density at radius 2 is 1.98 bits per heavy atom. The predicted molar refractivity (Wildman–Crippen MR) is 164 cm³/mol. The maximum Gasteiger partial charge on any atom is 0.410 e. The Morgan fingerprint density at radius 3 is 2.81 bits per heavy atom. The van der Waals surface area contributed by atoms with Crippen LogP contribution in [0.25, 0.3) is 0 Å². The number of aromatic nitrogens is 2. The number of rotatable bonds is 2. The number of hydrogen-bond donors (Lipinski definition) is 1. The van der Waals surface area contributed by atoms with Crippen molar-refractivity contribution >= 4 is 6.09 Å². The molecule has 226 valence electrons. The van der Waals surface area contributed by atoms with Gasteiger partial charge in [0.15, 0.2) is 0 Å². The van der Waals surface area contributed by atoms with Gasteiger partial charge in [0.25, 0.3) is 0 Å². The maximum atomic E-state index is 13.6. The number of likely N-dealkylation sites (tertiary alicyclic amines) is 1. The van der Waals surface area contributed by atoms with E-state index < -0.39 is 0 Å². The first-order valence-electron chi connectivity index (χ1n) is 16.6. The van der Waals surface area contributed by atoms with Gasteiger partial charge in [-0.15, -0.1) is 0 Å². The summed E-state index contributed by atoms with van der Waals surface area (Å²) in [6.07, 6.45) is 11.5. The van der Waals surface area contributed by atoms with Crippen LogP contribution in [0.1, 0.15) is 83.0 Å². The molecule has 3 fully saturated rings. The molecule has 0 unspecified atom stereocenters. The minimum Gasteiger partial charge on any atom is -0.445 e. The molecule has 9 atom stereocenters. The van der Waals surface area contributed by atoms with Gasteiger partial charge in [0, 0.05) is 12.2 Å². The molecule has 1 aromatic heterocycles. The van der Waals surface area contributed by atoms with Crippen LogP contribution in [0, 0.1) is 40.9 Å². The van der Waals surface area contributed by atoms with E-state index in [0.29, 0.717) is 36.4 Å². The highest BCUT2D eigenvalue weighted by Gasteiger charge is 2.56. The van der Waals surface area contributed by atoms with Gasteiger partial charge in [0.1, 0.15) is 6.61 Å². The largest absolute Gasteiger partial charge is 0.445 e. The zero-order chi connectivity index (χ0) is 29.0. The summed E-state index contributed by atoms with van der Waals surface area (Å²) in [6, 6.07) is 10.1. The number of H-pyrrole nitrogens is 1. The lowest BCUT2D eigenvalue weighted by Gasteiger charge is -2.52. The lowest BCUT2D eigenvalue weighted by atomic mass is 9.52. The van der Waals surface area contributed by atoms with Gasteiger partial charge in [0.05, 0.1) is 24.9 Å². The third-order valence-electron chi connectivity index (χ3n) is 12.3. The van der Waals surface area contributed by atoms with Crippen molar-refractivity contribution < 1.29 is 14.3 Å². The lowest BCUT2D eigenvalue weighted by Crippen LogP contribution is -2.57. The van der Waals surface area contributed by atoms with Gasteiger partial charge in [0.2, 0.25) is 0 Å². The van der Waals surface area contributed by atoms with Crippen LogP contribution in [0.15, 0.2) is 47.7 Å². The van der Waals surface area contributed by atoms with Crippen LogP contribution in [0.3, 0.4) is 0 Å². The van der Waals surface area contributed by atoms with Crippen LogP contribution in [0.2, 0.25) is 0 Å². The first-order valence-corrected chi connectivity index (χ1v) is 16.6. The first kappa shape index (κ1) is 28.2. The van der Waals surface area contributed by atoms with Crippen molar-refractivity contribution in [1.29, 1.82) is 0 Å². The number of carbonyl (C=O) groups is 1. The summed E-state index contributed by atoms with van der Waals surface area (Å²) in [4.78, 5) is 15.6. The molecule has 42 heavy (non-hydrogen) atoms. The van der Waals surface area contributed by atoms with Gasteiger partial charge in [-0.2, -0.15) is 5.10 Å². The molecule has 0 bridgehead atoms. The van der Waals surface area contributed by atoms with Gasteiger partial charge in [-0.05, 0) is 116 Å². The van der Waals surface area contributed by atoms with Crippen LogP contribution < -0.4 is 0 Å². The first-order chi connectivity index (χ1) is 20.3. The van der Waals surface area contributed by atoms with Crippen LogP contribution in [-0.2, 0) is 28.9 Å². The van der Waals surface area contributed by atoms with Crippen molar-refractivity contribution in [1.82, 2.24) is 15.1 Å². The third kappa shape index (κ3) is 4.92. The van der Waals surface area contributed by atoms with Gasteiger partial charge in [-0.25, -0.2) is 4.79 Å². The standard InChI is InChI=1S/C36H49N3O3/c1-22-14-33-34(39(19-22)35(40)42-21-25-8-6-5-7-9-25)23(2)10-12-28-29-13-11-27-15-32-26(18-37-38-32)17-36(27,4)31(29)16-30(28)24(3)20-41-33/h5-9,18,22-23,27-29,31,33-34H,10-17,19-21H2,1-4H3,(H,37,38)/b30-24-/t22-,23-,27+,28-,29-,31-,33+,34-,36-/m0/s1. The van der Waals surface area contributed by atoms with E-state index in [1.165, 1.54) is 48.9 Å². The molecule has 0 spiro atoms. The van der Waals surface area contributed by atoms with Crippen molar-refractivity contribution in [2.24, 2.45) is 40.9 Å². The van der Waals surface area contributed by atoms with Crippen molar-refractivity contribution in [3.8, 4) is 0 Å². The summed E-state index contributed by atoms with van der Waals surface area (Å²) < 4.78 is 12.7. The summed E-state index contributed by atoms with van der Waals surface area (Å²) in [5.41, 5.74) is 7.37. The van der Waals surface area contributed by atoms with Crippen LogP contribution in [0.4, 0.5) is 4.79 Å². The minimum absolute atomic E-state index is 0.0450. The Hall–Kier alpha value is -2.60. The second kappa shape index (κ2) is 11.2. The average Bonchev–Trinajstić information content (AvgIpc) is 3.60. The Balaban J connectivity index is 1.12. The van der Waals surface area contributed by atoms with E-state index >= 15 is 0 Å². The zero-order valence-corrected chi connectivity index (χ0v) is 26.0. The fourth-order valence-electron chi connectivity index (χ4n) is 10.1. The van der Waals surface area contributed by atoms with Crippen molar-refractivity contribution in [3.05, 3.63) is 64.5 Å². The summed E-state index contributed by atoms with van der Waals surface area (Å²) >= 11 is 0. The number of benzene rings is 1. The second-order valence-corrected chi connectivity index (χ2v) is 14.8. The van der Waals surface area contributed by atoms with Gasteiger partial charge in [-0.3, -0.25) is 5.10 Å². The van der Waals surface area contributed by atoms with Crippen LogP contribution in [-0.4, -0.2) is 46.5 Å². The summed E-state index contributed by atoms with van der Waals surface area (Å²) in [5.74, 6) is 3.62. The van der Waals surface area contributed by atoms with E-state index in [1.807, 2.05) is 35.2 Å². The molecule has 6 nitrogen and oxygen atoms in total. The molecule has 1 N–H and O–H groups in total. The van der Waals surface area contributed by atoms with Crippen molar-refractivity contribution in [3.63, 3.8) is 0 Å². The molecule has 7 rings (SSSR count). The van der Waals surface area contributed by atoms with Gasteiger partial charge in [-0.1, -0.05) is 56.7 Å². The Kier molecular flexibility index (Phi) is 7.48. The Morgan fingerprint density at radius 1 is 1.14 bits per heavy atom. The number of aromatic amines is 1. The van der Waals surface area contributed by atoms with E-state index in [0.717, 1.165) is 49.1 Å². The van der Waals surface area contributed by atoms with E-state index in [9.17, 15) is 4.79 Å². The quantitative estimate of drug-likeness (QED) is 0.383.